The lowest BCUT2D eigenvalue weighted by molar-refractivity contribution is -0.254. The number of rotatable bonds is 3. The van der Waals surface area contributed by atoms with Crippen LogP contribution in [0.25, 0.3) is 33.3 Å². The number of hydrogen-bond acceptors (Lipinski definition) is 4. The summed E-state index contributed by atoms with van der Waals surface area (Å²) in [5.41, 5.74) is 4.10. The molecule has 4 aromatic rings. The summed E-state index contributed by atoms with van der Waals surface area (Å²) in [4.78, 5) is 20.4. The molecule has 27 heavy (non-hydrogen) atoms. The zero-order valence-electron chi connectivity index (χ0n) is 14.4. The Morgan fingerprint density at radius 3 is 2.41 bits per heavy atom. The van der Waals surface area contributed by atoms with E-state index in [4.69, 9.17) is 0 Å². The van der Waals surface area contributed by atoms with Gasteiger partial charge in [-0.2, -0.15) is 0 Å². The zero-order valence-corrected chi connectivity index (χ0v) is 14.4. The molecule has 0 saturated heterocycles. The third-order valence-corrected chi connectivity index (χ3v) is 4.55. The Kier molecular flexibility index (Phi) is 4.12. The zero-order chi connectivity index (χ0) is 19.0. The van der Waals surface area contributed by atoms with Crippen molar-refractivity contribution in [2.45, 2.75) is 6.92 Å². The molecule has 4 rings (SSSR count). The monoisotopic (exact) mass is 357 g/mol. The fraction of sp³-hybridized carbons (Fsp3) is 0.0455. The number of pyridine rings is 2. The van der Waals surface area contributed by atoms with E-state index in [1.165, 1.54) is 18.2 Å². The Labute approximate surface area is 155 Å². The number of carbonyl (C=O) groups is 1. The molecule has 0 amide bonds. The largest absolute Gasteiger partial charge is 0.545 e. The molecular formula is C22H14FN2O2-. The van der Waals surface area contributed by atoms with Crippen LogP contribution >= 0.6 is 0 Å². The lowest BCUT2D eigenvalue weighted by Crippen LogP contribution is -2.24. The van der Waals surface area contributed by atoms with E-state index in [2.05, 4.69) is 9.97 Å². The summed E-state index contributed by atoms with van der Waals surface area (Å²) in [7, 11) is 0. The van der Waals surface area contributed by atoms with Crippen molar-refractivity contribution < 1.29 is 14.3 Å². The summed E-state index contributed by atoms with van der Waals surface area (Å²) < 4.78 is 13.6. The van der Waals surface area contributed by atoms with Gasteiger partial charge in [-0.1, -0.05) is 30.3 Å². The van der Waals surface area contributed by atoms with E-state index in [1.54, 1.807) is 19.3 Å². The second kappa shape index (κ2) is 6.61. The van der Waals surface area contributed by atoms with Crippen molar-refractivity contribution in [3.05, 3.63) is 83.9 Å². The minimum atomic E-state index is -1.35. The Morgan fingerprint density at radius 1 is 1.00 bits per heavy atom. The predicted molar refractivity (Wildman–Crippen MR) is 99.4 cm³/mol. The highest BCUT2D eigenvalue weighted by molar-refractivity contribution is 6.04. The Morgan fingerprint density at radius 2 is 1.74 bits per heavy atom. The topological polar surface area (TPSA) is 65.9 Å². The van der Waals surface area contributed by atoms with Gasteiger partial charge >= 0.3 is 0 Å². The van der Waals surface area contributed by atoms with Gasteiger partial charge in [-0.05, 0) is 47.9 Å². The molecule has 0 radical (unpaired) electrons. The highest BCUT2D eigenvalue weighted by Gasteiger charge is 2.15. The highest BCUT2D eigenvalue weighted by atomic mass is 19.1. The van der Waals surface area contributed by atoms with Gasteiger partial charge in [-0.3, -0.25) is 4.98 Å². The molecule has 0 atom stereocenters. The van der Waals surface area contributed by atoms with Gasteiger partial charge in [0.1, 0.15) is 5.82 Å². The third-order valence-electron chi connectivity index (χ3n) is 4.55. The van der Waals surface area contributed by atoms with E-state index in [1.807, 2.05) is 36.4 Å². The van der Waals surface area contributed by atoms with Crippen molar-refractivity contribution in [3.63, 3.8) is 0 Å². The van der Waals surface area contributed by atoms with E-state index in [0.29, 0.717) is 16.8 Å². The second-order valence-electron chi connectivity index (χ2n) is 6.23. The molecule has 0 saturated carbocycles. The van der Waals surface area contributed by atoms with Crippen molar-refractivity contribution in [2.75, 3.05) is 0 Å². The van der Waals surface area contributed by atoms with Crippen LogP contribution in [0.3, 0.4) is 0 Å². The molecule has 0 fully saturated rings. The first-order valence-corrected chi connectivity index (χ1v) is 8.36. The molecule has 0 aliphatic carbocycles. The van der Waals surface area contributed by atoms with Crippen LogP contribution in [-0.4, -0.2) is 15.9 Å². The number of aromatic nitrogens is 2. The van der Waals surface area contributed by atoms with Gasteiger partial charge in [0.2, 0.25) is 0 Å². The van der Waals surface area contributed by atoms with Crippen LogP contribution < -0.4 is 5.11 Å². The molecule has 4 nitrogen and oxygen atoms in total. The van der Waals surface area contributed by atoms with Crippen LogP contribution in [-0.2, 0) is 0 Å². The maximum absolute atomic E-state index is 13.6. The van der Waals surface area contributed by atoms with E-state index in [0.717, 1.165) is 16.7 Å². The molecule has 0 unspecified atom stereocenters. The fourth-order valence-electron chi connectivity index (χ4n) is 3.23. The number of hydrogen-bond donors (Lipinski definition) is 0. The van der Waals surface area contributed by atoms with Crippen LogP contribution in [0.5, 0.6) is 0 Å². The molecule has 5 heteroatoms. The first-order chi connectivity index (χ1) is 13.0. The predicted octanol–water partition coefficient (Wildman–Crippen LogP) is 3.77. The minimum Gasteiger partial charge on any atom is -0.545 e. The molecule has 0 aliphatic rings. The summed E-state index contributed by atoms with van der Waals surface area (Å²) in [6, 6.07) is 15.4. The molecule has 0 N–H and O–H groups in total. The van der Waals surface area contributed by atoms with Gasteiger partial charge in [-0.15, -0.1) is 0 Å². The average molecular weight is 357 g/mol. The highest BCUT2D eigenvalue weighted by Crippen LogP contribution is 2.31. The smallest absolute Gasteiger partial charge is 0.123 e. The second-order valence-corrected chi connectivity index (χ2v) is 6.23. The number of carboxylic acids is 1. The Balaban J connectivity index is 1.88. The summed E-state index contributed by atoms with van der Waals surface area (Å²) in [6.45, 7) is 1.66. The summed E-state index contributed by atoms with van der Waals surface area (Å²) in [5.74, 6) is -1.86. The van der Waals surface area contributed by atoms with E-state index >= 15 is 0 Å². The van der Waals surface area contributed by atoms with Crippen molar-refractivity contribution in [3.8, 4) is 22.4 Å². The van der Waals surface area contributed by atoms with E-state index < -0.39 is 11.8 Å². The Hall–Kier alpha value is -3.60. The van der Waals surface area contributed by atoms with Gasteiger partial charge in [-0.25, -0.2) is 9.37 Å². The number of nitrogens with zero attached hydrogens (tertiary/aromatic N) is 2. The SMILES string of the molecule is Cc1c(-c2ccc(-c3cccnc3)cc2)nc2ccc(F)cc2c1C(=O)[O-]. The number of carboxylic acid groups (broad SMARTS) is 1. The molecule has 2 heterocycles. The normalized spacial score (nSPS) is 10.9. The maximum Gasteiger partial charge on any atom is 0.123 e. The molecule has 0 spiro atoms. The number of halogens is 1. The van der Waals surface area contributed by atoms with Gasteiger partial charge in [0, 0.05) is 28.9 Å². The molecular weight excluding hydrogens is 343 g/mol. The fourth-order valence-corrected chi connectivity index (χ4v) is 3.23. The van der Waals surface area contributed by atoms with Crippen LogP contribution in [0.1, 0.15) is 15.9 Å². The third kappa shape index (κ3) is 3.04. The summed E-state index contributed by atoms with van der Waals surface area (Å²) >= 11 is 0. The van der Waals surface area contributed by atoms with Crippen LogP contribution in [0.15, 0.2) is 67.0 Å². The molecule has 2 aromatic heterocycles. The number of fused-ring (bicyclic) bond motifs is 1. The minimum absolute atomic E-state index is 0.0363. The molecule has 2 aromatic carbocycles. The number of benzene rings is 2. The summed E-state index contributed by atoms with van der Waals surface area (Å²) in [6.07, 6.45) is 3.49. The lowest BCUT2D eigenvalue weighted by Gasteiger charge is -2.15. The number of aromatic carboxylic acids is 1. The quantitative estimate of drug-likeness (QED) is 0.560. The summed E-state index contributed by atoms with van der Waals surface area (Å²) in [5, 5.41) is 11.9. The van der Waals surface area contributed by atoms with Gasteiger partial charge in [0.05, 0.1) is 17.2 Å². The first-order valence-electron chi connectivity index (χ1n) is 8.36. The maximum atomic E-state index is 13.6. The lowest BCUT2D eigenvalue weighted by atomic mass is 9.96. The van der Waals surface area contributed by atoms with Gasteiger partial charge in [0.15, 0.2) is 0 Å². The Bertz CT molecular complexity index is 1160. The average Bonchev–Trinajstić information content (AvgIpc) is 2.68. The van der Waals surface area contributed by atoms with Crippen LogP contribution in [0.4, 0.5) is 4.39 Å². The van der Waals surface area contributed by atoms with Gasteiger partial charge < -0.3 is 9.90 Å². The van der Waals surface area contributed by atoms with Crippen LogP contribution in [0, 0.1) is 12.7 Å². The molecule has 0 bridgehead atoms. The standard InChI is InChI=1S/C22H15FN2O2/c1-13-20(22(26)27)18-11-17(23)8-9-19(18)25-21(13)15-6-4-14(5-7-15)16-3-2-10-24-12-16/h2-12H,1H3,(H,26,27)/p-1. The first kappa shape index (κ1) is 16.8. The van der Waals surface area contributed by atoms with E-state index in [-0.39, 0.29) is 10.9 Å². The number of carbonyl (C=O) groups excluding carboxylic acids is 1. The van der Waals surface area contributed by atoms with Crippen molar-refractivity contribution >= 4 is 16.9 Å². The van der Waals surface area contributed by atoms with Crippen molar-refractivity contribution in [1.29, 1.82) is 0 Å². The van der Waals surface area contributed by atoms with Crippen LogP contribution in [0.2, 0.25) is 0 Å². The molecule has 132 valence electrons. The van der Waals surface area contributed by atoms with Gasteiger partial charge in [0.25, 0.3) is 0 Å². The van der Waals surface area contributed by atoms with Crippen molar-refractivity contribution in [1.82, 2.24) is 9.97 Å². The molecule has 0 aliphatic heterocycles. The van der Waals surface area contributed by atoms with Crippen molar-refractivity contribution in [2.24, 2.45) is 0 Å². The van der Waals surface area contributed by atoms with E-state index in [9.17, 15) is 14.3 Å².